The third-order valence-corrected chi connectivity index (χ3v) is 5.72. The maximum Gasteiger partial charge on any atom is 0.211 e. The van der Waals surface area contributed by atoms with Crippen LogP contribution >= 0.6 is 11.6 Å². The molecule has 0 radical (unpaired) electrons. The van der Waals surface area contributed by atoms with Crippen molar-refractivity contribution < 1.29 is 13.2 Å². The lowest BCUT2D eigenvalue weighted by atomic mass is 10.00. The van der Waals surface area contributed by atoms with Crippen LogP contribution in [0.4, 0.5) is 0 Å². The molecule has 2 aliphatic rings. The summed E-state index contributed by atoms with van der Waals surface area (Å²) in [5.74, 6) is 0. The predicted octanol–water partition coefficient (Wildman–Crippen LogP) is 0.970. The van der Waals surface area contributed by atoms with Crippen molar-refractivity contribution in [3.8, 4) is 0 Å². The molecule has 2 fully saturated rings. The Labute approximate surface area is 136 Å². The van der Waals surface area contributed by atoms with E-state index in [4.69, 9.17) is 16.3 Å². The van der Waals surface area contributed by atoms with E-state index in [2.05, 4.69) is 9.88 Å². The fourth-order valence-corrected chi connectivity index (χ4v) is 4.56. The van der Waals surface area contributed by atoms with Gasteiger partial charge in [0, 0.05) is 38.6 Å². The van der Waals surface area contributed by atoms with Crippen LogP contribution in [0.15, 0.2) is 18.5 Å². The van der Waals surface area contributed by atoms with Gasteiger partial charge in [0.15, 0.2) is 0 Å². The molecule has 8 heteroatoms. The number of likely N-dealkylation sites (tertiary alicyclic amines) is 1. The van der Waals surface area contributed by atoms with Crippen LogP contribution in [-0.4, -0.2) is 67.2 Å². The van der Waals surface area contributed by atoms with Gasteiger partial charge in [-0.2, -0.15) is 4.31 Å². The number of hydrogen-bond donors (Lipinski definition) is 0. The van der Waals surface area contributed by atoms with Gasteiger partial charge in [-0.15, -0.1) is 0 Å². The summed E-state index contributed by atoms with van der Waals surface area (Å²) in [5, 5.41) is 0.617. The lowest BCUT2D eigenvalue weighted by molar-refractivity contribution is -0.0768. The molecule has 1 aromatic rings. The first kappa shape index (κ1) is 16.1. The summed E-state index contributed by atoms with van der Waals surface area (Å²) in [6.45, 7) is 3.18. The highest BCUT2D eigenvalue weighted by Crippen LogP contribution is 2.26. The maximum atomic E-state index is 12.0. The first-order valence-corrected chi connectivity index (χ1v) is 9.56. The fourth-order valence-electron chi connectivity index (χ4n) is 3.26. The SMILES string of the molecule is CS(=O)(=O)N1CCO[C@H]2CCN(Cc3cncc(Cl)c3)C[C@@H]21. The van der Waals surface area contributed by atoms with Crippen LogP contribution in [0.3, 0.4) is 0 Å². The number of rotatable bonds is 3. The summed E-state index contributed by atoms with van der Waals surface area (Å²) in [4.78, 5) is 6.33. The molecule has 0 N–H and O–H groups in total. The molecule has 2 atom stereocenters. The van der Waals surface area contributed by atoms with Crippen LogP contribution in [-0.2, 0) is 21.3 Å². The molecule has 0 saturated carbocycles. The summed E-state index contributed by atoms with van der Waals surface area (Å²) < 4.78 is 31.3. The molecule has 0 spiro atoms. The van der Waals surface area contributed by atoms with Crippen molar-refractivity contribution >= 4 is 21.6 Å². The first-order chi connectivity index (χ1) is 10.4. The Balaban J connectivity index is 1.72. The number of pyridine rings is 1. The Morgan fingerprint density at radius 1 is 1.41 bits per heavy atom. The Hall–Kier alpha value is -0.730. The molecule has 0 unspecified atom stereocenters. The summed E-state index contributed by atoms with van der Waals surface area (Å²) >= 11 is 5.97. The minimum Gasteiger partial charge on any atom is -0.375 e. The molecule has 122 valence electrons. The van der Waals surface area contributed by atoms with Crippen LogP contribution < -0.4 is 0 Å². The number of ether oxygens (including phenoxy) is 1. The number of aromatic nitrogens is 1. The molecule has 0 bridgehead atoms. The first-order valence-electron chi connectivity index (χ1n) is 7.34. The van der Waals surface area contributed by atoms with E-state index in [0.717, 1.165) is 18.5 Å². The van der Waals surface area contributed by atoms with Crippen LogP contribution in [0.1, 0.15) is 12.0 Å². The van der Waals surface area contributed by atoms with Crippen molar-refractivity contribution in [2.75, 3.05) is 32.5 Å². The largest absolute Gasteiger partial charge is 0.375 e. The van der Waals surface area contributed by atoms with Crippen LogP contribution in [0.2, 0.25) is 5.02 Å². The predicted molar refractivity (Wildman–Crippen MR) is 84.2 cm³/mol. The molecule has 3 heterocycles. The summed E-state index contributed by atoms with van der Waals surface area (Å²) in [6.07, 6.45) is 5.51. The summed E-state index contributed by atoms with van der Waals surface area (Å²) in [6, 6.07) is 1.79. The van der Waals surface area contributed by atoms with Gasteiger partial charge in [-0.25, -0.2) is 8.42 Å². The third kappa shape index (κ3) is 3.60. The Morgan fingerprint density at radius 3 is 2.95 bits per heavy atom. The standard InChI is InChI=1S/C14H20ClN3O3S/c1-22(19,20)18-4-5-21-14-2-3-17(10-13(14)18)9-11-6-12(15)8-16-7-11/h6-8,13-14H,2-5,9-10H2,1H3/t13-,14-/m0/s1. The Morgan fingerprint density at radius 2 is 2.23 bits per heavy atom. The van der Waals surface area contributed by atoms with Crippen molar-refractivity contribution in [3.63, 3.8) is 0 Å². The van der Waals surface area contributed by atoms with Crippen LogP contribution in [0, 0.1) is 0 Å². The van der Waals surface area contributed by atoms with E-state index in [1.54, 1.807) is 16.7 Å². The molecule has 0 amide bonds. The van der Waals surface area contributed by atoms with Gasteiger partial charge >= 0.3 is 0 Å². The van der Waals surface area contributed by atoms with Gasteiger partial charge in [0.25, 0.3) is 0 Å². The van der Waals surface area contributed by atoms with Crippen molar-refractivity contribution in [1.29, 1.82) is 0 Å². The Bertz CT molecular complexity index is 640. The molecule has 22 heavy (non-hydrogen) atoms. The van der Waals surface area contributed by atoms with Crippen LogP contribution in [0.25, 0.3) is 0 Å². The van der Waals surface area contributed by atoms with Gasteiger partial charge in [0.05, 0.1) is 30.0 Å². The quantitative estimate of drug-likeness (QED) is 0.817. The number of morpholine rings is 1. The van der Waals surface area contributed by atoms with Gasteiger partial charge in [-0.1, -0.05) is 11.6 Å². The minimum absolute atomic E-state index is 0.00258. The van der Waals surface area contributed by atoms with Gasteiger partial charge in [0.1, 0.15) is 0 Å². The zero-order valence-electron chi connectivity index (χ0n) is 12.5. The van der Waals surface area contributed by atoms with E-state index in [1.165, 1.54) is 6.26 Å². The van der Waals surface area contributed by atoms with Gasteiger partial charge in [-0.3, -0.25) is 9.88 Å². The van der Waals surface area contributed by atoms with Crippen molar-refractivity contribution in [3.05, 3.63) is 29.0 Å². The van der Waals surface area contributed by atoms with E-state index in [-0.39, 0.29) is 12.1 Å². The van der Waals surface area contributed by atoms with E-state index >= 15 is 0 Å². The molecular weight excluding hydrogens is 326 g/mol. The highest BCUT2D eigenvalue weighted by Gasteiger charge is 2.40. The normalized spacial score (nSPS) is 27.5. The average Bonchev–Trinajstić information content (AvgIpc) is 2.45. The number of sulfonamides is 1. The van der Waals surface area contributed by atoms with Gasteiger partial charge in [0.2, 0.25) is 10.0 Å². The van der Waals surface area contributed by atoms with Crippen molar-refractivity contribution in [2.45, 2.75) is 25.1 Å². The maximum absolute atomic E-state index is 12.0. The molecule has 1 aromatic heterocycles. The molecular formula is C14H20ClN3O3S. The smallest absolute Gasteiger partial charge is 0.211 e. The zero-order chi connectivity index (χ0) is 15.7. The molecule has 0 aromatic carbocycles. The molecule has 3 rings (SSSR count). The second-order valence-corrected chi connectivity index (χ2v) is 8.26. The third-order valence-electron chi connectivity index (χ3n) is 4.21. The monoisotopic (exact) mass is 345 g/mol. The summed E-state index contributed by atoms with van der Waals surface area (Å²) in [5.41, 5.74) is 1.04. The lowest BCUT2D eigenvalue weighted by Crippen LogP contribution is -2.60. The highest BCUT2D eigenvalue weighted by atomic mass is 35.5. The number of piperidine rings is 1. The second kappa shape index (κ2) is 6.41. The van der Waals surface area contributed by atoms with Gasteiger partial charge < -0.3 is 4.74 Å². The molecule has 0 aliphatic carbocycles. The van der Waals surface area contributed by atoms with E-state index in [0.29, 0.717) is 31.3 Å². The Kier molecular flexibility index (Phi) is 4.70. The second-order valence-electron chi connectivity index (χ2n) is 5.89. The summed E-state index contributed by atoms with van der Waals surface area (Å²) in [7, 11) is -3.21. The molecule has 2 saturated heterocycles. The molecule has 2 aliphatic heterocycles. The fraction of sp³-hybridized carbons (Fsp3) is 0.643. The zero-order valence-corrected chi connectivity index (χ0v) is 14.1. The topological polar surface area (TPSA) is 62.7 Å². The average molecular weight is 346 g/mol. The number of fused-ring (bicyclic) bond motifs is 1. The number of hydrogen-bond acceptors (Lipinski definition) is 5. The highest BCUT2D eigenvalue weighted by molar-refractivity contribution is 7.88. The van der Waals surface area contributed by atoms with E-state index in [9.17, 15) is 8.42 Å². The molecule has 6 nitrogen and oxygen atoms in total. The van der Waals surface area contributed by atoms with Crippen molar-refractivity contribution in [1.82, 2.24) is 14.2 Å². The van der Waals surface area contributed by atoms with Gasteiger partial charge in [-0.05, 0) is 18.1 Å². The minimum atomic E-state index is -3.21. The number of nitrogens with zero attached hydrogens (tertiary/aromatic N) is 3. The van der Waals surface area contributed by atoms with Crippen molar-refractivity contribution in [2.24, 2.45) is 0 Å². The van der Waals surface area contributed by atoms with E-state index < -0.39 is 10.0 Å². The van der Waals surface area contributed by atoms with Crippen LogP contribution in [0.5, 0.6) is 0 Å². The van der Waals surface area contributed by atoms with E-state index in [1.807, 2.05) is 6.07 Å². The lowest BCUT2D eigenvalue weighted by Gasteiger charge is -2.45. The number of halogens is 1.